The number of carbonyl (C=O) groups is 3. The van der Waals surface area contributed by atoms with Crippen molar-refractivity contribution < 1.29 is 33.3 Å². The van der Waals surface area contributed by atoms with Crippen molar-refractivity contribution in [2.75, 3.05) is 56.9 Å². The molecule has 0 bridgehead atoms. The van der Waals surface area contributed by atoms with E-state index in [1.54, 1.807) is 7.11 Å². The number of ether oxygens (including phenoxy) is 4. The molecule has 2 rings (SSSR count). The number of β-lactam (4-membered cyclic amide) rings is 1. The SMILES string of the molecule is C=CCOC(=O)C1=C(CI)CSC2[C@H](NC(=O)COCCOCCOC)C(=O)N12. The molecule has 11 heteroatoms. The van der Waals surface area contributed by atoms with Gasteiger partial charge in [-0.05, 0) is 5.57 Å². The average molecular weight is 540 g/mol. The lowest BCUT2D eigenvalue weighted by atomic mass is 10.0. The number of thioether (sulfide) groups is 1. The third-order valence-corrected chi connectivity index (χ3v) is 6.35. The maximum absolute atomic E-state index is 12.6. The van der Waals surface area contributed by atoms with E-state index in [2.05, 4.69) is 34.5 Å². The van der Waals surface area contributed by atoms with Crippen LogP contribution in [0.3, 0.4) is 0 Å². The first-order valence-corrected chi connectivity index (χ1v) is 11.6. The highest BCUT2D eigenvalue weighted by molar-refractivity contribution is 14.1. The molecule has 1 N–H and O–H groups in total. The van der Waals surface area contributed by atoms with Gasteiger partial charge in [-0.1, -0.05) is 35.2 Å². The number of halogens is 1. The Morgan fingerprint density at radius 1 is 1.31 bits per heavy atom. The standard InChI is InChI=1S/C18H25IN2O7S/c1-3-4-28-18(24)15-12(9-19)11-29-17-14(16(23)21(15)17)20-13(22)10-27-8-7-26-6-5-25-2/h3,14,17H,1,4-11H2,2H3,(H,20,22)/t14-,17?/m1/s1. The highest BCUT2D eigenvalue weighted by atomic mass is 127. The van der Waals surface area contributed by atoms with Crippen molar-refractivity contribution in [3.05, 3.63) is 23.9 Å². The van der Waals surface area contributed by atoms with Gasteiger partial charge < -0.3 is 24.3 Å². The molecule has 2 heterocycles. The van der Waals surface area contributed by atoms with Crippen LogP contribution in [0.4, 0.5) is 0 Å². The molecule has 9 nitrogen and oxygen atoms in total. The zero-order valence-corrected chi connectivity index (χ0v) is 19.2. The second kappa shape index (κ2) is 12.5. The summed E-state index contributed by atoms with van der Waals surface area (Å²) in [4.78, 5) is 38.5. The van der Waals surface area contributed by atoms with Crippen LogP contribution in [-0.4, -0.2) is 91.0 Å². The summed E-state index contributed by atoms with van der Waals surface area (Å²) in [5.41, 5.74) is 1.13. The molecule has 2 aliphatic rings. The Morgan fingerprint density at radius 2 is 2.03 bits per heavy atom. The lowest BCUT2D eigenvalue weighted by Crippen LogP contribution is -2.70. The van der Waals surface area contributed by atoms with Crippen LogP contribution in [0.25, 0.3) is 0 Å². The van der Waals surface area contributed by atoms with Crippen molar-refractivity contribution in [3.63, 3.8) is 0 Å². The number of nitrogens with one attached hydrogen (secondary N) is 1. The minimum atomic E-state index is -0.688. The molecule has 0 spiro atoms. The van der Waals surface area contributed by atoms with E-state index in [1.165, 1.54) is 22.7 Å². The van der Waals surface area contributed by atoms with Gasteiger partial charge in [0.15, 0.2) is 0 Å². The third-order valence-electron chi connectivity index (χ3n) is 4.09. The predicted octanol–water partition coefficient (Wildman–Crippen LogP) is 0.484. The molecule has 0 radical (unpaired) electrons. The lowest BCUT2D eigenvalue weighted by molar-refractivity contribution is -0.152. The molecule has 2 amide bonds. The largest absolute Gasteiger partial charge is 0.457 e. The Morgan fingerprint density at radius 3 is 2.72 bits per heavy atom. The number of alkyl halides is 1. The number of amides is 2. The number of esters is 1. The third kappa shape index (κ3) is 6.41. The number of carbonyl (C=O) groups excluding carboxylic acids is 3. The molecule has 1 fully saturated rings. The zero-order chi connectivity index (χ0) is 21.2. The number of hydrogen-bond donors (Lipinski definition) is 1. The highest BCUT2D eigenvalue weighted by Gasteiger charge is 2.54. The van der Waals surface area contributed by atoms with Gasteiger partial charge in [0, 0.05) is 17.3 Å². The van der Waals surface area contributed by atoms with Crippen molar-refractivity contribution in [1.29, 1.82) is 0 Å². The number of fused-ring (bicyclic) bond motifs is 1. The fourth-order valence-corrected chi connectivity index (χ4v) is 5.06. The molecular formula is C18H25IN2O7S. The Labute approximate surface area is 187 Å². The van der Waals surface area contributed by atoms with Gasteiger partial charge in [-0.2, -0.15) is 0 Å². The Hall–Kier alpha value is -1.15. The second-order valence-electron chi connectivity index (χ2n) is 6.09. The first kappa shape index (κ1) is 24.1. The van der Waals surface area contributed by atoms with Crippen molar-refractivity contribution >= 4 is 52.1 Å². The minimum absolute atomic E-state index is 0.0728. The van der Waals surface area contributed by atoms with Crippen molar-refractivity contribution in [3.8, 4) is 0 Å². The lowest BCUT2D eigenvalue weighted by Gasteiger charge is -2.49. The quantitative estimate of drug-likeness (QED) is 0.0900. The van der Waals surface area contributed by atoms with Gasteiger partial charge in [-0.15, -0.1) is 11.8 Å². The second-order valence-corrected chi connectivity index (χ2v) is 7.95. The first-order valence-electron chi connectivity index (χ1n) is 8.99. The van der Waals surface area contributed by atoms with Gasteiger partial charge in [0.25, 0.3) is 5.91 Å². The molecule has 0 aromatic heterocycles. The molecule has 162 valence electrons. The van der Waals surface area contributed by atoms with Crippen LogP contribution in [0.2, 0.25) is 0 Å². The topological polar surface area (TPSA) is 103 Å². The molecule has 0 aromatic carbocycles. The Bertz CT molecular complexity index is 658. The molecule has 2 atom stereocenters. The van der Waals surface area contributed by atoms with Gasteiger partial charge in [0.1, 0.15) is 30.3 Å². The highest BCUT2D eigenvalue weighted by Crippen LogP contribution is 2.41. The van der Waals surface area contributed by atoms with Gasteiger partial charge in [-0.25, -0.2) is 4.79 Å². The maximum Gasteiger partial charge on any atom is 0.355 e. The van der Waals surface area contributed by atoms with Crippen molar-refractivity contribution in [1.82, 2.24) is 10.2 Å². The van der Waals surface area contributed by atoms with Gasteiger partial charge in [-0.3, -0.25) is 14.5 Å². The predicted molar refractivity (Wildman–Crippen MR) is 116 cm³/mol. The molecule has 0 aliphatic carbocycles. The van der Waals surface area contributed by atoms with Crippen LogP contribution in [0.1, 0.15) is 0 Å². The summed E-state index contributed by atoms with van der Waals surface area (Å²) in [5.74, 6) is -0.666. The average Bonchev–Trinajstić information content (AvgIpc) is 2.73. The summed E-state index contributed by atoms with van der Waals surface area (Å²) in [5, 5.41) is 2.35. The first-order chi connectivity index (χ1) is 14.0. The summed E-state index contributed by atoms with van der Waals surface area (Å²) < 4.78 is 21.1. The smallest absolute Gasteiger partial charge is 0.355 e. The van der Waals surface area contributed by atoms with E-state index in [-0.39, 0.29) is 42.7 Å². The van der Waals surface area contributed by atoms with E-state index in [0.29, 0.717) is 30.0 Å². The van der Waals surface area contributed by atoms with E-state index < -0.39 is 12.0 Å². The maximum atomic E-state index is 12.6. The van der Waals surface area contributed by atoms with E-state index >= 15 is 0 Å². The summed E-state index contributed by atoms with van der Waals surface area (Å²) >= 11 is 3.67. The molecule has 1 unspecified atom stereocenters. The molecular weight excluding hydrogens is 515 g/mol. The summed E-state index contributed by atoms with van der Waals surface area (Å²) in [7, 11) is 1.59. The number of hydrogen-bond acceptors (Lipinski definition) is 8. The van der Waals surface area contributed by atoms with Crippen LogP contribution >= 0.6 is 34.4 Å². The summed E-state index contributed by atoms with van der Waals surface area (Å²) in [6.45, 7) is 5.00. The fourth-order valence-electron chi connectivity index (χ4n) is 2.72. The number of methoxy groups -OCH3 is 1. The molecule has 29 heavy (non-hydrogen) atoms. The summed E-state index contributed by atoms with van der Waals surface area (Å²) in [6.07, 6.45) is 1.47. The van der Waals surface area contributed by atoms with E-state index in [0.717, 1.165) is 5.57 Å². The van der Waals surface area contributed by atoms with Crippen LogP contribution in [-0.2, 0) is 33.3 Å². The molecule has 1 saturated heterocycles. The fraction of sp³-hybridized carbons (Fsp3) is 0.611. The van der Waals surface area contributed by atoms with Crippen molar-refractivity contribution in [2.45, 2.75) is 11.4 Å². The van der Waals surface area contributed by atoms with Gasteiger partial charge in [0.05, 0.1) is 26.4 Å². The number of nitrogens with zero attached hydrogens (tertiary/aromatic N) is 1. The molecule has 0 aromatic rings. The van der Waals surface area contributed by atoms with Crippen molar-refractivity contribution in [2.24, 2.45) is 0 Å². The van der Waals surface area contributed by atoms with E-state index in [4.69, 9.17) is 18.9 Å². The normalized spacial score (nSPS) is 20.8. The van der Waals surface area contributed by atoms with Gasteiger partial charge in [0.2, 0.25) is 5.91 Å². The van der Waals surface area contributed by atoms with E-state index in [9.17, 15) is 14.4 Å². The van der Waals surface area contributed by atoms with E-state index in [1.807, 2.05) is 0 Å². The molecule has 0 saturated carbocycles. The van der Waals surface area contributed by atoms with Gasteiger partial charge >= 0.3 is 5.97 Å². The Kier molecular flexibility index (Phi) is 10.4. The van der Waals surface area contributed by atoms with Crippen LogP contribution in [0.5, 0.6) is 0 Å². The number of rotatable bonds is 13. The van der Waals surface area contributed by atoms with Crippen LogP contribution in [0, 0.1) is 0 Å². The summed E-state index contributed by atoms with van der Waals surface area (Å²) in [6, 6.07) is -0.688. The monoisotopic (exact) mass is 540 g/mol. The molecule has 2 aliphatic heterocycles. The Balaban J connectivity index is 1.83. The van der Waals surface area contributed by atoms with Crippen LogP contribution < -0.4 is 5.32 Å². The van der Waals surface area contributed by atoms with Crippen LogP contribution in [0.15, 0.2) is 23.9 Å². The zero-order valence-electron chi connectivity index (χ0n) is 16.2. The minimum Gasteiger partial charge on any atom is -0.457 e.